The Hall–Kier alpha value is -0.960. The van der Waals surface area contributed by atoms with Crippen LogP contribution in [0.15, 0.2) is 18.2 Å². The minimum atomic E-state index is 0.0979. The van der Waals surface area contributed by atoms with Gasteiger partial charge in [0.2, 0.25) is 5.91 Å². The molecule has 0 saturated heterocycles. The first-order chi connectivity index (χ1) is 7.13. The van der Waals surface area contributed by atoms with Crippen molar-refractivity contribution in [2.24, 2.45) is 0 Å². The molecule has 0 aliphatic heterocycles. The van der Waals surface area contributed by atoms with Crippen molar-refractivity contribution < 1.29 is 4.79 Å². The van der Waals surface area contributed by atoms with E-state index in [1.807, 2.05) is 6.26 Å². The molecular formula is C12H17NOS. The van der Waals surface area contributed by atoms with Gasteiger partial charge in [-0.05, 0) is 36.8 Å². The topological polar surface area (TPSA) is 29.1 Å². The molecule has 3 heteroatoms. The number of carbonyl (C=O) groups is 1. The molecule has 1 N–H and O–H groups in total. The molecule has 0 radical (unpaired) electrons. The zero-order valence-electron chi connectivity index (χ0n) is 9.46. The second kappa shape index (κ2) is 5.81. The van der Waals surface area contributed by atoms with Gasteiger partial charge in [-0.25, -0.2) is 0 Å². The van der Waals surface area contributed by atoms with Crippen LogP contribution in [0.5, 0.6) is 0 Å². The first-order valence-electron chi connectivity index (χ1n) is 4.95. The van der Waals surface area contributed by atoms with Crippen LogP contribution >= 0.6 is 11.8 Å². The minimum absolute atomic E-state index is 0.0979. The Morgan fingerprint density at radius 3 is 2.67 bits per heavy atom. The van der Waals surface area contributed by atoms with Gasteiger partial charge in [0.05, 0.1) is 5.75 Å². The Morgan fingerprint density at radius 1 is 1.33 bits per heavy atom. The Kier molecular flexibility index (Phi) is 4.69. The first-order valence-corrected chi connectivity index (χ1v) is 6.34. The second-order valence-electron chi connectivity index (χ2n) is 3.63. The number of thioether (sulfide) groups is 1. The molecule has 1 aromatic rings. The van der Waals surface area contributed by atoms with Gasteiger partial charge in [0.15, 0.2) is 0 Å². The van der Waals surface area contributed by atoms with E-state index in [2.05, 4.69) is 37.4 Å². The van der Waals surface area contributed by atoms with Crippen LogP contribution in [0.4, 0.5) is 0 Å². The average molecular weight is 223 g/mol. The van der Waals surface area contributed by atoms with Crippen molar-refractivity contribution in [3.63, 3.8) is 0 Å². The largest absolute Gasteiger partial charge is 0.351 e. The van der Waals surface area contributed by atoms with Crippen LogP contribution in [0.1, 0.15) is 16.7 Å². The van der Waals surface area contributed by atoms with Crippen LogP contribution in [-0.2, 0) is 11.3 Å². The van der Waals surface area contributed by atoms with Gasteiger partial charge in [-0.2, -0.15) is 11.8 Å². The highest BCUT2D eigenvalue weighted by Gasteiger charge is 2.00. The summed E-state index contributed by atoms with van der Waals surface area (Å²) in [5.74, 6) is 0.630. The van der Waals surface area contributed by atoms with E-state index in [4.69, 9.17) is 0 Å². The summed E-state index contributed by atoms with van der Waals surface area (Å²) in [6, 6.07) is 6.27. The Bertz CT molecular complexity index is 349. The van der Waals surface area contributed by atoms with Crippen molar-refractivity contribution in [1.29, 1.82) is 0 Å². The minimum Gasteiger partial charge on any atom is -0.351 e. The number of benzene rings is 1. The molecule has 0 atom stereocenters. The van der Waals surface area contributed by atoms with Gasteiger partial charge in [-0.1, -0.05) is 18.2 Å². The Morgan fingerprint density at radius 2 is 2.07 bits per heavy atom. The zero-order valence-corrected chi connectivity index (χ0v) is 10.3. The molecule has 15 heavy (non-hydrogen) atoms. The number of aryl methyl sites for hydroxylation is 2. The normalized spacial score (nSPS) is 10.1. The predicted octanol–water partition coefficient (Wildman–Crippen LogP) is 2.28. The summed E-state index contributed by atoms with van der Waals surface area (Å²) >= 11 is 1.54. The third-order valence-electron chi connectivity index (χ3n) is 2.34. The van der Waals surface area contributed by atoms with Crippen LogP contribution in [-0.4, -0.2) is 17.9 Å². The summed E-state index contributed by atoms with van der Waals surface area (Å²) in [7, 11) is 0. The van der Waals surface area contributed by atoms with E-state index in [1.165, 1.54) is 22.9 Å². The standard InChI is InChI=1S/C12H17NOS/c1-9-4-5-11(6-10(9)2)7-13-12(14)8-15-3/h4-6H,7-8H2,1-3H3,(H,13,14). The van der Waals surface area contributed by atoms with E-state index in [0.717, 1.165) is 5.56 Å². The van der Waals surface area contributed by atoms with E-state index >= 15 is 0 Å². The zero-order chi connectivity index (χ0) is 11.3. The third-order valence-corrected chi connectivity index (χ3v) is 2.89. The van der Waals surface area contributed by atoms with Crippen LogP contribution in [0, 0.1) is 13.8 Å². The molecule has 0 fully saturated rings. The maximum Gasteiger partial charge on any atom is 0.230 e. The van der Waals surface area contributed by atoms with Crippen molar-refractivity contribution in [1.82, 2.24) is 5.32 Å². The van der Waals surface area contributed by atoms with Gasteiger partial charge in [0.1, 0.15) is 0 Å². The second-order valence-corrected chi connectivity index (χ2v) is 4.49. The lowest BCUT2D eigenvalue weighted by Gasteiger charge is -2.06. The van der Waals surface area contributed by atoms with Crippen molar-refractivity contribution >= 4 is 17.7 Å². The molecule has 82 valence electrons. The predicted molar refractivity (Wildman–Crippen MR) is 66.1 cm³/mol. The van der Waals surface area contributed by atoms with Crippen molar-refractivity contribution in [3.05, 3.63) is 34.9 Å². The molecule has 0 unspecified atom stereocenters. The van der Waals surface area contributed by atoms with E-state index in [1.54, 1.807) is 0 Å². The van der Waals surface area contributed by atoms with Gasteiger partial charge in [-0.15, -0.1) is 0 Å². The van der Waals surface area contributed by atoms with Crippen LogP contribution in [0.3, 0.4) is 0 Å². The van der Waals surface area contributed by atoms with Gasteiger partial charge in [0.25, 0.3) is 0 Å². The molecule has 0 heterocycles. The highest BCUT2D eigenvalue weighted by Crippen LogP contribution is 2.09. The monoisotopic (exact) mass is 223 g/mol. The third kappa shape index (κ3) is 3.96. The number of hydrogen-bond donors (Lipinski definition) is 1. The molecule has 1 aromatic carbocycles. The highest BCUT2D eigenvalue weighted by atomic mass is 32.2. The summed E-state index contributed by atoms with van der Waals surface area (Å²) < 4.78 is 0. The summed E-state index contributed by atoms with van der Waals surface area (Å²) in [5.41, 5.74) is 3.72. The van der Waals surface area contributed by atoms with Gasteiger partial charge < -0.3 is 5.32 Å². The smallest absolute Gasteiger partial charge is 0.230 e. The fraction of sp³-hybridized carbons (Fsp3) is 0.417. The van der Waals surface area contributed by atoms with Crippen molar-refractivity contribution in [3.8, 4) is 0 Å². The van der Waals surface area contributed by atoms with E-state index in [0.29, 0.717) is 12.3 Å². The first kappa shape index (κ1) is 12.1. The molecule has 0 aliphatic carbocycles. The molecule has 0 aromatic heterocycles. The van der Waals surface area contributed by atoms with Gasteiger partial charge in [-0.3, -0.25) is 4.79 Å². The summed E-state index contributed by atoms with van der Waals surface area (Å²) in [6.07, 6.45) is 1.93. The quantitative estimate of drug-likeness (QED) is 0.848. The van der Waals surface area contributed by atoms with Crippen molar-refractivity contribution in [2.75, 3.05) is 12.0 Å². The lowest BCUT2D eigenvalue weighted by Crippen LogP contribution is -2.24. The SMILES string of the molecule is CSCC(=O)NCc1ccc(C)c(C)c1. The molecule has 0 saturated carbocycles. The fourth-order valence-electron chi connectivity index (χ4n) is 1.30. The molecule has 0 spiro atoms. The van der Waals surface area contributed by atoms with Crippen LogP contribution in [0.25, 0.3) is 0 Å². The van der Waals surface area contributed by atoms with E-state index in [9.17, 15) is 4.79 Å². The Balaban J connectivity index is 2.51. The maximum atomic E-state index is 11.2. The molecular weight excluding hydrogens is 206 g/mol. The lowest BCUT2D eigenvalue weighted by molar-refractivity contribution is -0.118. The summed E-state index contributed by atoms with van der Waals surface area (Å²) in [6.45, 7) is 4.80. The van der Waals surface area contributed by atoms with Crippen LogP contribution < -0.4 is 5.32 Å². The van der Waals surface area contributed by atoms with Gasteiger partial charge >= 0.3 is 0 Å². The molecule has 2 nitrogen and oxygen atoms in total. The number of rotatable bonds is 4. The number of carbonyl (C=O) groups excluding carboxylic acids is 1. The van der Waals surface area contributed by atoms with Crippen molar-refractivity contribution in [2.45, 2.75) is 20.4 Å². The molecule has 0 aliphatic rings. The Labute approximate surface area is 95.5 Å². The number of hydrogen-bond acceptors (Lipinski definition) is 2. The van der Waals surface area contributed by atoms with E-state index in [-0.39, 0.29) is 5.91 Å². The molecule has 1 amide bonds. The highest BCUT2D eigenvalue weighted by molar-refractivity contribution is 7.99. The molecule has 1 rings (SSSR count). The summed E-state index contributed by atoms with van der Waals surface area (Å²) in [5, 5.41) is 2.89. The van der Waals surface area contributed by atoms with Crippen LogP contribution in [0.2, 0.25) is 0 Å². The summed E-state index contributed by atoms with van der Waals surface area (Å²) in [4.78, 5) is 11.2. The molecule has 0 bridgehead atoms. The van der Waals surface area contributed by atoms with E-state index < -0.39 is 0 Å². The fourth-order valence-corrected chi connectivity index (χ4v) is 1.66. The maximum absolute atomic E-state index is 11.2. The number of amides is 1. The lowest BCUT2D eigenvalue weighted by atomic mass is 10.1. The number of nitrogens with one attached hydrogen (secondary N) is 1. The average Bonchev–Trinajstić information content (AvgIpc) is 2.20. The van der Waals surface area contributed by atoms with Gasteiger partial charge in [0, 0.05) is 6.54 Å².